The van der Waals surface area contributed by atoms with Crippen LogP contribution >= 0.6 is 0 Å². The Morgan fingerprint density at radius 1 is 0.509 bits per heavy atom. The van der Waals surface area contributed by atoms with E-state index in [9.17, 15) is 0 Å². The van der Waals surface area contributed by atoms with Gasteiger partial charge in [0.15, 0.2) is 0 Å². The largest absolute Gasteiger partial charge is 0.294 e. The highest BCUT2D eigenvalue weighted by atomic mass is 15.1. The van der Waals surface area contributed by atoms with Gasteiger partial charge >= 0.3 is 0 Å². The first kappa shape index (κ1) is 31.3. The van der Waals surface area contributed by atoms with E-state index in [4.69, 9.17) is 4.98 Å². The van der Waals surface area contributed by atoms with Crippen molar-refractivity contribution in [3.8, 4) is 22.7 Å². The topological polar surface area (TPSA) is 31.6 Å². The van der Waals surface area contributed by atoms with Crippen molar-refractivity contribution < 1.29 is 4.57 Å². The molecule has 53 heavy (non-hydrogen) atoms. The molecule has 0 fully saturated rings. The molecule has 0 bridgehead atoms. The van der Waals surface area contributed by atoms with Crippen LogP contribution in [-0.4, -0.2) is 18.7 Å². The Morgan fingerprint density at radius 3 is 1.75 bits per heavy atom. The van der Waals surface area contributed by atoms with Gasteiger partial charge in [0.1, 0.15) is 11.3 Å². The lowest BCUT2D eigenvalue weighted by Gasteiger charge is -2.19. The molecule has 5 nitrogen and oxygen atoms in total. The number of hydrogen-bond donors (Lipinski definition) is 0. The van der Waals surface area contributed by atoms with Crippen LogP contribution in [-0.2, 0) is 5.41 Å². The van der Waals surface area contributed by atoms with Gasteiger partial charge in [-0.25, -0.2) is 4.98 Å². The summed E-state index contributed by atoms with van der Waals surface area (Å²) in [4.78, 5) is 5.59. The third-order valence-electron chi connectivity index (χ3n) is 10.7. The van der Waals surface area contributed by atoms with Gasteiger partial charge in [0.2, 0.25) is 0 Å². The Hall–Kier alpha value is -6.46. The summed E-state index contributed by atoms with van der Waals surface area (Å²) in [7, 11) is 0. The molecule has 0 aliphatic heterocycles. The normalized spacial score (nSPS) is 12.2. The molecular weight excluding hydrogens is 647 g/mol. The minimum Gasteiger partial charge on any atom is -0.294 e. The zero-order valence-electron chi connectivity index (χ0n) is 30.6. The number of rotatable bonds is 4. The molecule has 0 radical (unpaired) electrons. The van der Waals surface area contributed by atoms with Gasteiger partial charge in [0, 0.05) is 32.9 Å². The molecule has 0 aliphatic rings. The highest BCUT2D eigenvalue weighted by Crippen LogP contribution is 2.39. The molecule has 0 atom stereocenters. The SMILES string of the molecule is Cc1ccc2c(c1)c1cc3c4cc(C)ccc4n(-c4cccc(-n5[c-][n+](-c6ccc(C(C)(C)C)cc6)c6ccccc65)c4)c3nc1n2-c1ccccc1. The molecule has 0 aliphatic carbocycles. The van der Waals surface area contributed by atoms with Gasteiger partial charge in [-0.1, -0.05) is 105 Å². The number of aryl methyl sites for hydroxylation is 2. The molecule has 0 saturated heterocycles. The van der Waals surface area contributed by atoms with E-state index in [1.165, 1.54) is 27.5 Å². The van der Waals surface area contributed by atoms with E-state index in [1.54, 1.807) is 0 Å². The quantitative estimate of drug-likeness (QED) is 0.134. The molecule has 4 aromatic heterocycles. The first-order chi connectivity index (χ1) is 25.7. The molecule has 4 heterocycles. The maximum Gasteiger partial charge on any atom is 0.269 e. The van der Waals surface area contributed by atoms with Crippen LogP contribution in [0.1, 0.15) is 37.5 Å². The second-order valence-electron chi connectivity index (χ2n) is 15.4. The standard InChI is InChI=1S/C48H39N5/c1-31-18-24-42-38(26-31)40-29-41-39-27-32(2)19-25-43(39)53(47(41)49-46(40)52(42)35-12-7-6-8-13-35)37-15-11-14-36(28-37)51-30-50(44-16-9-10-17-45(44)51)34-22-20-33(21-23-34)48(3,4)5/h6-29H,1-5H3. The molecule has 10 rings (SSSR count). The van der Waals surface area contributed by atoms with Crippen molar-refractivity contribution in [2.24, 2.45) is 0 Å². The van der Waals surface area contributed by atoms with E-state index >= 15 is 0 Å². The van der Waals surface area contributed by atoms with Crippen LogP contribution in [0.3, 0.4) is 0 Å². The molecule has 6 aromatic carbocycles. The van der Waals surface area contributed by atoms with Crippen LogP contribution in [0.4, 0.5) is 0 Å². The summed E-state index contributed by atoms with van der Waals surface area (Å²) >= 11 is 0. The smallest absolute Gasteiger partial charge is 0.269 e. The molecule has 5 heteroatoms. The number of fused-ring (bicyclic) bond motifs is 7. The fourth-order valence-corrected chi connectivity index (χ4v) is 8.01. The fourth-order valence-electron chi connectivity index (χ4n) is 8.01. The number of aromatic nitrogens is 5. The van der Waals surface area contributed by atoms with Gasteiger partial charge in [0.05, 0.1) is 33.4 Å². The van der Waals surface area contributed by atoms with E-state index in [1.807, 2.05) is 0 Å². The molecule has 0 unspecified atom stereocenters. The molecule has 0 amide bonds. The summed E-state index contributed by atoms with van der Waals surface area (Å²) < 4.78 is 8.98. The number of hydrogen-bond acceptors (Lipinski definition) is 1. The van der Waals surface area contributed by atoms with Crippen LogP contribution in [0.15, 0.2) is 146 Å². The van der Waals surface area contributed by atoms with Gasteiger partial charge in [-0.15, -0.1) is 0 Å². The van der Waals surface area contributed by atoms with Gasteiger partial charge in [-0.05, 0) is 97.6 Å². The van der Waals surface area contributed by atoms with Crippen molar-refractivity contribution in [3.63, 3.8) is 0 Å². The Bertz CT molecular complexity index is 3040. The fraction of sp³-hybridized carbons (Fsp3) is 0.125. The first-order valence-electron chi connectivity index (χ1n) is 18.3. The Labute approximate surface area is 308 Å². The summed E-state index contributed by atoms with van der Waals surface area (Å²) in [6, 6.07) is 52.6. The average Bonchev–Trinajstić information content (AvgIpc) is 3.81. The van der Waals surface area contributed by atoms with Crippen molar-refractivity contribution in [3.05, 3.63) is 169 Å². The monoisotopic (exact) mass is 685 g/mol. The van der Waals surface area contributed by atoms with Crippen LogP contribution < -0.4 is 4.57 Å². The first-order valence-corrected chi connectivity index (χ1v) is 18.3. The van der Waals surface area contributed by atoms with E-state index < -0.39 is 0 Å². The average molecular weight is 686 g/mol. The van der Waals surface area contributed by atoms with Gasteiger partial charge in [0.25, 0.3) is 6.33 Å². The number of nitrogens with zero attached hydrogens (tertiary/aromatic N) is 5. The molecule has 0 saturated carbocycles. The molecule has 0 N–H and O–H groups in total. The van der Waals surface area contributed by atoms with E-state index in [0.717, 1.165) is 66.9 Å². The summed E-state index contributed by atoms with van der Waals surface area (Å²) in [6.07, 6.45) is 3.71. The summed E-state index contributed by atoms with van der Waals surface area (Å²) in [5, 5.41) is 4.71. The predicted molar refractivity (Wildman–Crippen MR) is 218 cm³/mol. The number of benzene rings is 6. The summed E-state index contributed by atoms with van der Waals surface area (Å²) in [5.41, 5.74) is 14.5. The number of para-hydroxylation sites is 3. The van der Waals surface area contributed by atoms with Gasteiger partial charge < -0.3 is 0 Å². The van der Waals surface area contributed by atoms with Gasteiger partial charge in [-0.3, -0.25) is 18.3 Å². The Morgan fingerprint density at radius 2 is 1.09 bits per heavy atom. The predicted octanol–water partition coefficient (Wildman–Crippen LogP) is 11.2. The minimum absolute atomic E-state index is 0.0879. The molecular formula is C48H39N5. The van der Waals surface area contributed by atoms with E-state index in [0.29, 0.717) is 0 Å². The second kappa shape index (κ2) is 11.5. The van der Waals surface area contributed by atoms with Crippen molar-refractivity contribution >= 4 is 54.9 Å². The van der Waals surface area contributed by atoms with E-state index in [-0.39, 0.29) is 5.41 Å². The number of pyridine rings is 1. The van der Waals surface area contributed by atoms with Crippen molar-refractivity contribution in [2.45, 2.75) is 40.0 Å². The van der Waals surface area contributed by atoms with Crippen molar-refractivity contribution in [1.29, 1.82) is 0 Å². The van der Waals surface area contributed by atoms with Crippen LogP contribution in [0, 0.1) is 20.2 Å². The lowest BCUT2D eigenvalue weighted by molar-refractivity contribution is -0.572. The maximum absolute atomic E-state index is 5.59. The Balaban J connectivity index is 1.21. The zero-order chi connectivity index (χ0) is 36.0. The van der Waals surface area contributed by atoms with Crippen LogP contribution in [0.5, 0.6) is 0 Å². The van der Waals surface area contributed by atoms with E-state index in [2.05, 4.69) is 205 Å². The highest BCUT2D eigenvalue weighted by molar-refractivity contribution is 6.17. The summed E-state index contributed by atoms with van der Waals surface area (Å²) in [6.45, 7) is 11.1. The van der Waals surface area contributed by atoms with Gasteiger partial charge in [-0.2, -0.15) is 0 Å². The third-order valence-corrected chi connectivity index (χ3v) is 10.7. The van der Waals surface area contributed by atoms with Crippen molar-refractivity contribution in [1.82, 2.24) is 18.7 Å². The molecule has 0 spiro atoms. The zero-order valence-corrected chi connectivity index (χ0v) is 30.6. The highest BCUT2D eigenvalue weighted by Gasteiger charge is 2.21. The molecule has 10 aromatic rings. The lowest BCUT2D eigenvalue weighted by atomic mass is 9.87. The lowest BCUT2D eigenvalue weighted by Crippen LogP contribution is -2.29. The minimum atomic E-state index is 0.0879. The number of imidazole rings is 1. The van der Waals surface area contributed by atoms with Crippen molar-refractivity contribution in [2.75, 3.05) is 0 Å². The van der Waals surface area contributed by atoms with Crippen LogP contribution in [0.2, 0.25) is 0 Å². The third kappa shape index (κ3) is 4.91. The molecule has 256 valence electrons. The maximum atomic E-state index is 5.59. The van der Waals surface area contributed by atoms with Crippen LogP contribution in [0.25, 0.3) is 77.7 Å². The second-order valence-corrected chi connectivity index (χ2v) is 15.4. The summed E-state index contributed by atoms with van der Waals surface area (Å²) in [5.74, 6) is 0. The Kier molecular flexibility index (Phi) is 6.80.